The van der Waals surface area contributed by atoms with Crippen molar-refractivity contribution in [3.63, 3.8) is 0 Å². The minimum atomic E-state index is 0.0637. The van der Waals surface area contributed by atoms with Crippen molar-refractivity contribution in [3.8, 4) is 0 Å². The molecule has 2 N–H and O–H groups in total. The van der Waals surface area contributed by atoms with Crippen LogP contribution in [0.4, 0.5) is 0 Å². The molecule has 1 aromatic rings. The number of nitrogens with two attached hydrogens (primary N) is 1. The lowest BCUT2D eigenvalue weighted by Crippen LogP contribution is -2.48. The van der Waals surface area contributed by atoms with Gasteiger partial charge in [-0.2, -0.15) is 0 Å². The molecule has 98 valence electrons. The van der Waals surface area contributed by atoms with Gasteiger partial charge >= 0.3 is 0 Å². The Morgan fingerprint density at radius 2 is 2.22 bits per heavy atom. The van der Waals surface area contributed by atoms with Crippen LogP contribution in [0.15, 0.2) is 18.2 Å². The van der Waals surface area contributed by atoms with Crippen molar-refractivity contribution in [1.82, 2.24) is 4.90 Å². The average molecular weight is 267 g/mol. The van der Waals surface area contributed by atoms with E-state index in [4.69, 9.17) is 17.3 Å². The number of hydrogen-bond donors (Lipinski definition) is 1. The van der Waals surface area contributed by atoms with E-state index in [9.17, 15) is 4.79 Å². The summed E-state index contributed by atoms with van der Waals surface area (Å²) in [6.45, 7) is 5.44. The van der Waals surface area contributed by atoms with E-state index >= 15 is 0 Å². The topological polar surface area (TPSA) is 46.3 Å². The van der Waals surface area contributed by atoms with Crippen molar-refractivity contribution in [3.05, 3.63) is 34.3 Å². The molecule has 18 heavy (non-hydrogen) atoms. The molecule has 4 heteroatoms. The van der Waals surface area contributed by atoms with Crippen LogP contribution in [-0.4, -0.2) is 29.9 Å². The molecule has 0 aliphatic carbocycles. The molecule has 0 spiro atoms. The fourth-order valence-electron chi connectivity index (χ4n) is 2.36. The number of rotatable bonds is 1. The van der Waals surface area contributed by atoms with E-state index in [2.05, 4.69) is 6.92 Å². The van der Waals surface area contributed by atoms with Gasteiger partial charge in [-0.15, -0.1) is 0 Å². The zero-order valence-electron chi connectivity index (χ0n) is 10.8. The molecule has 1 aromatic carbocycles. The Morgan fingerprint density at radius 1 is 1.50 bits per heavy atom. The lowest BCUT2D eigenvalue weighted by Gasteiger charge is -2.35. The molecule has 1 aliphatic rings. The Kier molecular flexibility index (Phi) is 3.93. The quantitative estimate of drug-likeness (QED) is 0.849. The number of benzene rings is 1. The fourth-order valence-corrected chi connectivity index (χ4v) is 2.53. The molecule has 0 aromatic heterocycles. The Bertz CT molecular complexity index is 461. The van der Waals surface area contributed by atoms with Crippen LogP contribution in [0.3, 0.4) is 0 Å². The van der Waals surface area contributed by atoms with Crippen LogP contribution in [0.5, 0.6) is 0 Å². The molecule has 1 amide bonds. The molecular weight excluding hydrogens is 248 g/mol. The van der Waals surface area contributed by atoms with E-state index in [0.29, 0.717) is 16.5 Å². The molecule has 2 atom stereocenters. The Labute approximate surface area is 113 Å². The highest BCUT2D eigenvalue weighted by Crippen LogP contribution is 2.22. The van der Waals surface area contributed by atoms with Crippen LogP contribution >= 0.6 is 11.6 Å². The molecule has 1 heterocycles. The second-order valence-corrected chi connectivity index (χ2v) is 5.50. The first-order valence-corrected chi connectivity index (χ1v) is 6.68. The Hall–Kier alpha value is -1.06. The van der Waals surface area contributed by atoms with E-state index < -0.39 is 0 Å². The summed E-state index contributed by atoms with van der Waals surface area (Å²) in [5.74, 6) is 0.413. The van der Waals surface area contributed by atoms with Crippen LogP contribution in [0, 0.1) is 12.8 Å². The van der Waals surface area contributed by atoms with Crippen molar-refractivity contribution >= 4 is 17.5 Å². The van der Waals surface area contributed by atoms with Gasteiger partial charge in [0.2, 0.25) is 0 Å². The summed E-state index contributed by atoms with van der Waals surface area (Å²) in [7, 11) is 0. The van der Waals surface area contributed by atoms with E-state index in [0.717, 1.165) is 25.1 Å². The minimum absolute atomic E-state index is 0.0637. The maximum atomic E-state index is 12.5. The third-order valence-corrected chi connectivity index (χ3v) is 4.17. The van der Waals surface area contributed by atoms with Crippen molar-refractivity contribution in [1.29, 1.82) is 0 Å². The summed E-state index contributed by atoms with van der Waals surface area (Å²) in [5.41, 5.74) is 7.53. The highest BCUT2D eigenvalue weighted by atomic mass is 35.5. The number of hydrogen-bond acceptors (Lipinski definition) is 2. The number of halogens is 1. The first-order chi connectivity index (χ1) is 8.50. The predicted octanol–water partition coefficient (Wildman–Crippen LogP) is 2.46. The van der Waals surface area contributed by atoms with Gasteiger partial charge in [-0.3, -0.25) is 4.79 Å². The average Bonchev–Trinajstić information content (AvgIpc) is 2.35. The third kappa shape index (κ3) is 2.52. The maximum absolute atomic E-state index is 12.5. The normalized spacial score (nSPS) is 24.1. The van der Waals surface area contributed by atoms with E-state index in [-0.39, 0.29) is 11.9 Å². The second kappa shape index (κ2) is 5.29. The maximum Gasteiger partial charge on any atom is 0.254 e. The summed E-state index contributed by atoms with van der Waals surface area (Å²) in [5, 5.41) is 0.641. The van der Waals surface area contributed by atoms with E-state index in [1.165, 1.54) is 0 Å². The van der Waals surface area contributed by atoms with Crippen LogP contribution < -0.4 is 5.73 Å². The number of likely N-dealkylation sites (tertiary alicyclic amines) is 1. The van der Waals surface area contributed by atoms with Gasteiger partial charge < -0.3 is 10.6 Å². The zero-order valence-corrected chi connectivity index (χ0v) is 11.6. The highest BCUT2D eigenvalue weighted by molar-refractivity contribution is 6.31. The molecule has 2 rings (SSSR count). The Balaban J connectivity index is 2.19. The van der Waals surface area contributed by atoms with Gasteiger partial charge in [-0.1, -0.05) is 24.6 Å². The summed E-state index contributed by atoms with van der Waals surface area (Å²) >= 11 is 6.06. The summed E-state index contributed by atoms with van der Waals surface area (Å²) < 4.78 is 0. The Morgan fingerprint density at radius 3 is 2.89 bits per heavy atom. The van der Waals surface area contributed by atoms with Gasteiger partial charge in [0.25, 0.3) is 5.91 Å². The van der Waals surface area contributed by atoms with Gasteiger partial charge in [0.15, 0.2) is 0 Å². The number of piperidine rings is 1. The molecule has 3 nitrogen and oxygen atoms in total. The van der Waals surface area contributed by atoms with Crippen LogP contribution in [0.1, 0.15) is 29.3 Å². The van der Waals surface area contributed by atoms with Gasteiger partial charge in [0.05, 0.1) is 0 Å². The number of carbonyl (C=O) groups excluding carboxylic acids is 1. The van der Waals surface area contributed by atoms with Crippen LogP contribution in [-0.2, 0) is 0 Å². The summed E-state index contributed by atoms with van der Waals surface area (Å²) in [4.78, 5) is 14.3. The van der Waals surface area contributed by atoms with Gasteiger partial charge in [0, 0.05) is 29.7 Å². The molecule has 1 fully saturated rings. The van der Waals surface area contributed by atoms with Crippen molar-refractivity contribution in [2.45, 2.75) is 26.3 Å². The monoisotopic (exact) mass is 266 g/mol. The number of carbonyl (C=O) groups is 1. The van der Waals surface area contributed by atoms with E-state index in [1.54, 1.807) is 0 Å². The molecule has 2 unspecified atom stereocenters. The molecule has 1 aliphatic heterocycles. The lowest BCUT2D eigenvalue weighted by atomic mass is 9.94. The summed E-state index contributed by atoms with van der Waals surface area (Å²) in [6.07, 6.45) is 0.868. The molecule has 0 bridgehead atoms. The van der Waals surface area contributed by atoms with Crippen molar-refractivity contribution < 1.29 is 4.79 Å². The number of nitrogens with zero attached hydrogens (tertiary/aromatic N) is 1. The highest BCUT2D eigenvalue weighted by Gasteiger charge is 2.27. The first-order valence-electron chi connectivity index (χ1n) is 6.30. The molecular formula is C14H19ClN2O. The lowest BCUT2D eigenvalue weighted by molar-refractivity contribution is 0.0663. The zero-order chi connectivity index (χ0) is 13.3. The van der Waals surface area contributed by atoms with Gasteiger partial charge in [0.1, 0.15) is 0 Å². The SMILES string of the molecule is Cc1c(Cl)cccc1C(=O)N1CCC(N)C(C)C1. The fraction of sp³-hybridized carbons (Fsp3) is 0.500. The minimum Gasteiger partial charge on any atom is -0.338 e. The molecule has 0 saturated carbocycles. The van der Waals surface area contributed by atoms with Crippen LogP contribution in [0.25, 0.3) is 0 Å². The standard InChI is InChI=1S/C14H19ClN2O/c1-9-8-17(7-6-13(9)16)14(18)11-4-3-5-12(15)10(11)2/h3-5,9,13H,6-8,16H2,1-2H3. The molecule has 1 saturated heterocycles. The third-order valence-electron chi connectivity index (χ3n) is 3.76. The first kappa shape index (κ1) is 13.4. The summed E-state index contributed by atoms with van der Waals surface area (Å²) in [6, 6.07) is 5.67. The number of amides is 1. The van der Waals surface area contributed by atoms with E-state index in [1.807, 2.05) is 30.0 Å². The van der Waals surface area contributed by atoms with Crippen molar-refractivity contribution in [2.24, 2.45) is 11.7 Å². The van der Waals surface area contributed by atoms with Gasteiger partial charge in [-0.05, 0) is 37.0 Å². The van der Waals surface area contributed by atoms with Gasteiger partial charge in [-0.25, -0.2) is 0 Å². The van der Waals surface area contributed by atoms with Crippen molar-refractivity contribution in [2.75, 3.05) is 13.1 Å². The van der Waals surface area contributed by atoms with Crippen LogP contribution in [0.2, 0.25) is 5.02 Å². The largest absolute Gasteiger partial charge is 0.338 e. The second-order valence-electron chi connectivity index (χ2n) is 5.09. The predicted molar refractivity (Wildman–Crippen MR) is 73.8 cm³/mol. The molecule has 0 radical (unpaired) electrons. The smallest absolute Gasteiger partial charge is 0.254 e.